The zero-order chi connectivity index (χ0) is 41.5. The van der Waals surface area contributed by atoms with E-state index in [0.717, 1.165) is 6.42 Å². The Morgan fingerprint density at radius 1 is 0.537 bits per heavy atom. The van der Waals surface area contributed by atoms with Crippen molar-refractivity contribution < 1.29 is 48.0 Å². The van der Waals surface area contributed by atoms with Crippen molar-refractivity contribution in [3.63, 3.8) is 0 Å². The molecule has 2 unspecified atom stereocenters. The van der Waals surface area contributed by atoms with E-state index in [4.69, 9.17) is 24.7 Å². The first-order chi connectivity index (χ1) is 24.7. The van der Waals surface area contributed by atoms with Gasteiger partial charge in [-0.1, -0.05) is 6.42 Å². The van der Waals surface area contributed by atoms with Crippen molar-refractivity contribution in [3.05, 3.63) is 0 Å². The number of nitrogens with zero attached hydrogens (tertiary/aromatic N) is 4. The van der Waals surface area contributed by atoms with Gasteiger partial charge >= 0.3 is 29.8 Å². The lowest BCUT2D eigenvalue weighted by molar-refractivity contribution is -0.164. The Bertz CT molecular complexity index is 1160. The molecule has 1 fully saturated rings. The molecule has 0 amide bonds. The predicted octanol–water partition coefficient (Wildman–Crippen LogP) is 3.31. The number of carbonyl (C=O) groups excluding carboxylic acids is 4. The molecule has 54 heavy (non-hydrogen) atoms. The van der Waals surface area contributed by atoms with Crippen LogP contribution in [0.4, 0.5) is 0 Å². The number of esters is 4. The van der Waals surface area contributed by atoms with Crippen LogP contribution >= 0.6 is 0 Å². The lowest BCUT2D eigenvalue weighted by atomic mass is 10.1. The van der Waals surface area contributed by atoms with Gasteiger partial charge in [-0.15, -0.1) is 0 Å². The van der Waals surface area contributed by atoms with E-state index in [9.17, 15) is 29.1 Å². The Balaban J connectivity index is 3.72. The quantitative estimate of drug-likeness (QED) is 0.141. The summed E-state index contributed by atoms with van der Waals surface area (Å²) in [7, 11) is 0. The van der Waals surface area contributed by atoms with Gasteiger partial charge in [-0.25, -0.2) is 0 Å². The predicted molar refractivity (Wildman–Crippen MR) is 207 cm³/mol. The molecule has 0 spiro atoms. The van der Waals surface area contributed by atoms with Crippen molar-refractivity contribution in [1.29, 1.82) is 0 Å². The molecule has 0 aromatic carbocycles. The molecule has 1 aliphatic rings. The van der Waals surface area contributed by atoms with E-state index in [0.29, 0.717) is 58.7 Å². The molecule has 15 nitrogen and oxygen atoms in total. The fourth-order valence-electron chi connectivity index (χ4n) is 5.96. The first-order valence-electron chi connectivity index (χ1n) is 19.4. The zero-order valence-electron chi connectivity index (χ0n) is 35.5. The number of ether oxygens (including phenoxy) is 4. The summed E-state index contributed by atoms with van der Waals surface area (Å²) in [4.78, 5) is 73.4. The summed E-state index contributed by atoms with van der Waals surface area (Å²) in [6.45, 7) is 24.6. The summed E-state index contributed by atoms with van der Waals surface area (Å²) in [6, 6.07) is -1.50. The summed E-state index contributed by atoms with van der Waals surface area (Å²) < 4.78 is 23.0. The molecule has 15 heteroatoms. The van der Waals surface area contributed by atoms with Crippen molar-refractivity contribution in [3.8, 4) is 0 Å². The van der Waals surface area contributed by atoms with Gasteiger partial charge in [0, 0.05) is 58.8 Å². The molecular weight excluding hydrogens is 698 g/mol. The van der Waals surface area contributed by atoms with E-state index in [2.05, 4.69) is 4.90 Å². The number of aliphatic carboxylic acids is 1. The fraction of sp³-hybridized carbons (Fsp3) is 0.872. The van der Waals surface area contributed by atoms with Gasteiger partial charge in [0.05, 0.1) is 13.1 Å². The summed E-state index contributed by atoms with van der Waals surface area (Å²) in [5.74, 6) is -2.78. The third kappa shape index (κ3) is 22.5. The van der Waals surface area contributed by atoms with E-state index in [1.54, 1.807) is 62.3 Å². The van der Waals surface area contributed by atoms with E-state index in [1.165, 1.54) is 0 Å². The topological polar surface area (TPSA) is 181 Å². The monoisotopic (exact) mass is 772 g/mol. The smallest absolute Gasteiger partial charge is 0.323 e. The summed E-state index contributed by atoms with van der Waals surface area (Å²) in [6.07, 6.45) is 1.71. The van der Waals surface area contributed by atoms with Crippen LogP contribution in [0.2, 0.25) is 0 Å². The normalized spacial score (nSPS) is 18.1. The molecule has 1 rings (SSSR count). The van der Waals surface area contributed by atoms with Crippen molar-refractivity contribution in [2.24, 2.45) is 5.73 Å². The highest BCUT2D eigenvalue weighted by atomic mass is 16.6. The average molecular weight is 772 g/mol. The zero-order valence-corrected chi connectivity index (χ0v) is 35.5. The van der Waals surface area contributed by atoms with E-state index >= 15 is 0 Å². The fourth-order valence-corrected chi connectivity index (χ4v) is 5.96. The summed E-state index contributed by atoms with van der Waals surface area (Å²) in [5, 5.41) is 9.60. The molecular formula is C39H73N5O10. The lowest BCUT2D eigenvalue weighted by Crippen LogP contribution is -2.54. The van der Waals surface area contributed by atoms with Crippen LogP contribution in [-0.2, 0) is 42.9 Å². The van der Waals surface area contributed by atoms with Crippen LogP contribution in [0, 0.1) is 0 Å². The minimum atomic E-state index is -1.04. The Kier molecular flexibility index (Phi) is 20.1. The van der Waals surface area contributed by atoms with Gasteiger partial charge in [0.2, 0.25) is 0 Å². The van der Waals surface area contributed by atoms with Crippen LogP contribution < -0.4 is 5.73 Å². The van der Waals surface area contributed by atoms with Gasteiger partial charge in [-0.05, 0) is 109 Å². The minimum absolute atomic E-state index is 0.0104. The maximum atomic E-state index is 13.8. The second-order valence-corrected chi connectivity index (χ2v) is 18.1. The molecule has 0 aromatic heterocycles. The molecule has 0 aliphatic carbocycles. The lowest BCUT2D eigenvalue weighted by Gasteiger charge is -2.38. The molecule has 1 heterocycles. The van der Waals surface area contributed by atoms with Gasteiger partial charge in [0.15, 0.2) is 0 Å². The van der Waals surface area contributed by atoms with Crippen molar-refractivity contribution >= 4 is 29.8 Å². The molecule has 3 N–H and O–H groups in total. The van der Waals surface area contributed by atoms with Crippen molar-refractivity contribution in [2.75, 3.05) is 72.0 Å². The first kappa shape index (κ1) is 49.2. The highest BCUT2D eigenvalue weighted by Crippen LogP contribution is 2.20. The summed E-state index contributed by atoms with van der Waals surface area (Å²) in [5.41, 5.74) is 2.89. The Labute approximate surface area is 324 Å². The van der Waals surface area contributed by atoms with Crippen LogP contribution in [0.15, 0.2) is 0 Å². The van der Waals surface area contributed by atoms with Crippen molar-refractivity contribution in [1.82, 2.24) is 19.6 Å². The van der Waals surface area contributed by atoms with Gasteiger partial charge in [0.1, 0.15) is 34.5 Å². The molecule has 0 radical (unpaired) electrons. The highest BCUT2D eigenvalue weighted by molar-refractivity contribution is 5.78. The van der Waals surface area contributed by atoms with Crippen LogP contribution in [0.25, 0.3) is 0 Å². The minimum Gasteiger partial charge on any atom is -0.481 e. The Hall–Kier alpha value is -2.85. The van der Waals surface area contributed by atoms with Gasteiger partial charge in [0.25, 0.3) is 0 Å². The Morgan fingerprint density at radius 2 is 0.870 bits per heavy atom. The number of carbonyl (C=O) groups is 5. The van der Waals surface area contributed by atoms with Crippen LogP contribution in [0.1, 0.15) is 115 Å². The third-order valence-electron chi connectivity index (χ3n) is 8.16. The van der Waals surface area contributed by atoms with Crippen molar-refractivity contribution in [2.45, 2.75) is 150 Å². The average Bonchev–Trinajstić information content (AvgIpc) is 2.95. The number of unbranched alkanes of at least 4 members (excludes halogenated alkanes) is 1. The second kappa shape index (κ2) is 22.0. The molecule has 0 saturated carbocycles. The maximum Gasteiger partial charge on any atom is 0.323 e. The van der Waals surface area contributed by atoms with Crippen LogP contribution in [0.5, 0.6) is 0 Å². The van der Waals surface area contributed by atoms with E-state index in [1.807, 2.05) is 35.5 Å². The number of hydrogen-bond acceptors (Lipinski definition) is 14. The van der Waals surface area contributed by atoms with Crippen LogP contribution in [0.3, 0.4) is 0 Å². The molecule has 2 atom stereocenters. The standard InChI is InChI=1S/C39H73N5O10/c1-36(2,3)51-32(47)27-41-19-23-43(29(15-13-14-18-40)34(49)53-38(7,8)9)24-20-42(28-33(48)52-37(4,5)6)22-26-44(25-21-41)30(16-17-31(45)46)35(50)54-39(10,11)12/h29-30H,13-28,40H2,1-12H3,(H,45,46). The van der Waals surface area contributed by atoms with Gasteiger partial charge in [-0.3, -0.25) is 43.6 Å². The molecule has 0 bridgehead atoms. The number of nitrogens with two attached hydrogens (primary N) is 1. The highest BCUT2D eigenvalue weighted by Gasteiger charge is 2.35. The molecule has 0 aromatic rings. The number of carboxylic acids is 1. The number of rotatable bonds is 15. The maximum absolute atomic E-state index is 13.8. The molecule has 314 valence electrons. The SMILES string of the molecule is CC(C)(C)OC(=O)CN1CCN(C(CCCCN)C(=O)OC(C)(C)C)CCN(CC(=O)OC(C)(C)C)CCN(C(CCC(=O)O)C(=O)OC(C)(C)C)CC1. The van der Waals surface area contributed by atoms with Crippen LogP contribution in [-0.4, -0.2) is 161 Å². The van der Waals surface area contributed by atoms with E-state index in [-0.39, 0.29) is 45.0 Å². The van der Waals surface area contributed by atoms with E-state index < -0.39 is 58.4 Å². The molecule has 1 aliphatic heterocycles. The van der Waals surface area contributed by atoms with Gasteiger partial charge < -0.3 is 29.8 Å². The third-order valence-corrected chi connectivity index (χ3v) is 8.16. The largest absolute Gasteiger partial charge is 0.481 e. The second-order valence-electron chi connectivity index (χ2n) is 18.1. The first-order valence-corrected chi connectivity index (χ1v) is 19.4. The molecule has 1 saturated heterocycles. The number of carboxylic acid groups (broad SMARTS) is 1. The van der Waals surface area contributed by atoms with Gasteiger partial charge in [-0.2, -0.15) is 0 Å². The number of hydrogen-bond donors (Lipinski definition) is 2. The Morgan fingerprint density at radius 3 is 1.17 bits per heavy atom. The summed E-state index contributed by atoms with van der Waals surface area (Å²) >= 11 is 0.